The van der Waals surface area contributed by atoms with E-state index in [0.29, 0.717) is 6.04 Å². The van der Waals surface area contributed by atoms with Gasteiger partial charge in [-0.05, 0) is 61.0 Å². The zero-order valence-electron chi connectivity index (χ0n) is 11.5. The van der Waals surface area contributed by atoms with Crippen LogP contribution in [0.25, 0.3) is 0 Å². The van der Waals surface area contributed by atoms with Crippen LogP contribution in [0.1, 0.15) is 23.8 Å². The Morgan fingerprint density at radius 2 is 2.15 bits per heavy atom. The third-order valence-electron chi connectivity index (χ3n) is 3.18. The Kier molecular flexibility index (Phi) is 6.20. The first kappa shape index (κ1) is 15.7. The Morgan fingerprint density at radius 1 is 1.30 bits per heavy atom. The van der Waals surface area contributed by atoms with Crippen molar-refractivity contribution in [3.8, 4) is 0 Å². The summed E-state index contributed by atoms with van der Waals surface area (Å²) >= 11 is 5.29. The lowest BCUT2D eigenvalue weighted by molar-refractivity contribution is 0.505. The maximum atomic E-state index is 13.4. The van der Waals surface area contributed by atoms with Crippen LogP contribution in [0.2, 0.25) is 0 Å². The summed E-state index contributed by atoms with van der Waals surface area (Å²) in [4.78, 5) is 1.37. The Balaban J connectivity index is 2.08. The fourth-order valence-corrected chi connectivity index (χ4v) is 3.40. The smallest absolute Gasteiger partial charge is 0.123 e. The highest BCUT2D eigenvalue weighted by molar-refractivity contribution is 9.10. The predicted octanol–water partition coefficient (Wildman–Crippen LogP) is 4.80. The quantitative estimate of drug-likeness (QED) is 0.751. The molecule has 1 aromatic carbocycles. The van der Waals surface area contributed by atoms with Crippen molar-refractivity contribution in [3.05, 3.63) is 56.4 Å². The van der Waals surface area contributed by atoms with E-state index in [0.717, 1.165) is 35.8 Å². The number of benzene rings is 1. The second-order valence-corrected chi connectivity index (χ2v) is 6.76. The molecule has 2 rings (SSSR count). The maximum absolute atomic E-state index is 13.4. The minimum Gasteiger partial charge on any atom is -0.313 e. The Hall–Kier alpha value is -0.710. The molecule has 0 aliphatic carbocycles. The molecule has 0 bridgehead atoms. The fourth-order valence-electron chi connectivity index (χ4n) is 2.20. The molecular formula is C16H19BrFNS. The molecule has 4 heteroatoms. The molecule has 0 saturated heterocycles. The number of nitrogens with one attached hydrogen (secondary N) is 1. The lowest BCUT2D eigenvalue weighted by atomic mass is 10.0. The van der Waals surface area contributed by atoms with Gasteiger partial charge in [-0.25, -0.2) is 4.39 Å². The third-order valence-corrected chi connectivity index (χ3v) is 4.86. The van der Waals surface area contributed by atoms with Gasteiger partial charge in [-0.1, -0.05) is 28.9 Å². The van der Waals surface area contributed by atoms with Crippen LogP contribution in [0.15, 0.2) is 40.2 Å². The largest absolute Gasteiger partial charge is 0.313 e. The molecule has 0 aliphatic heterocycles. The van der Waals surface area contributed by atoms with Crippen molar-refractivity contribution >= 4 is 27.3 Å². The number of halogens is 2. The standard InChI is InChI=1S/C16H19BrFNS/c1-2-7-19-14(11-15-4-3-8-20-15)10-12-9-13(18)5-6-16(12)17/h3-6,8-9,14,19H,2,7,10-11H2,1H3. The van der Waals surface area contributed by atoms with Crippen LogP contribution in [-0.2, 0) is 12.8 Å². The normalized spacial score (nSPS) is 12.6. The van der Waals surface area contributed by atoms with Crippen molar-refractivity contribution in [2.24, 2.45) is 0 Å². The summed E-state index contributed by atoms with van der Waals surface area (Å²) in [6, 6.07) is 9.47. The zero-order valence-corrected chi connectivity index (χ0v) is 13.9. The lowest BCUT2D eigenvalue weighted by Gasteiger charge is -2.19. The third kappa shape index (κ3) is 4.69. The van der Waals surface area contributed by atoms with Gasteiger partial charge in [0, 0.05) is 15.4 Å². The second-order valence-electron chi connectivity index (χ2n) is 4.87. The lowest BCUT2D eigenvalue weighted by Crippen LogP contribution is -2.33. The van der Waals surface area contributed by atoms with Crippen molar-refractivity contribution in [1.29, 1.82) is 0 Å². The molecule has 0 aliphatic rings. The Bertz CT molecular complexity index is 527. The molecule has 0 fully saturated rings. The summed E-state index contributed by atoms with van der Waals surface area (Å²) in [5.41, 5.74) is 1.02. The van der Waals surface area contributed by atoms with Gasteiger partial charge >= 0.3 is 0 Å². The van der Waals surface area contributed by atoms with Gasteiger partial charge in [0.05, 0.1) is 0 Å². The molecule has 2 aromatic rings. The first-order chi connectivity index (χ1) is 9.69. The maximum Gasteiger partial charge on any atom is 0.123 e. The summed E-state index contributed by atoms with van der Waals surface area (Å²) in [6.45, 7) is 3.15. The average molecular weight is 356 g/mol. The van der Waals surface area contributed by atoms with Crippen LogP contribution in [0.5, 0.6) is 0 Å². The Morgan fingerprint density at radius 3 is 2.85 bits per heavy atom. The monoisotopic (exact) mass is 355 g/mol. The van der Waals surface area contributed by atoms with Gasteiger partial charge in [-0.3, -0.25) is 0 Å². The molecule has 20 heavy (non-hydrogen) atoms. The van der Waals surface area contributed by atoms with Crippen LogP contribution in [0.4, 0.5) is 4.39 Å². The SMILES string of the molecule is CCCNC(Cc1cccs1)Cc1cc(F)ccc1Br. The van der Waals surface area contributed by atoms with E-state index < -0.39 is 0 Å². The molecule has 0 radical (unpaired) electrons. The molecule has 1 aromatic heterocycles. The van der Waals surface area contributed by atoms with E-state index in [9.17, 15) is 4.39 Å². The minimum absolute atomic E-state index is 0.173. The van der Waals surface area contributed by atoms with E-state index in [1.54, 1.807) is 23.5 Å². The Labute approximate surface area is 132 Å². The van der Waals surface area contributed by atoms with Gasteiger partial charge in [0.1, 0.15) is 5.82 Å². The van der Waals surface area contributed by atoms with E-state index in [1.807, 2.05) is 0 Å². The van der Waals surface area contributed by atoms with Gasteiger partial charge < -0.3 is 5.32 Å². The van der Waals surface area contributed by atoms with Crippen LogP contribution in [0, 0.1) is 5.82 Å². The van der Waals surface area contributed by atoms with E-state index in [1.165, 1.54) is 10.9 Å². The highest BCUT2D eigenvalue weighted by Gasteiger charge is 2.13. The van der Waals surface area contributed by atoms with E-state index in [2.05, 4.69) is 45.7 Å². The van der Waals surface area contributed by atoms with E-state index in [4.69, 9.17) is 0 Å². The van der Waals surface area contributed by atoms with Crippen LogP contribution < -0.4 is 5.32 Å². The second kappa shape index (κ2) is 7.91. The topological polar surface area (TPSA) is 12.0 Å². The minimum atomic E-state index is -0.173. The molecule has 108 valence electrons. The van der Waals surface area contributed by atoms with Crippen molar-refractivity contribution < 1.29 is 4.39 Å². The highest BCUT2D eigenvalue weighted by atomic mass is 79.9. The fraction of sp³-hybridized carbons (Fsp3) is 0.375. The molecule has 1 heterocycles. The summed E-state index contributed by atoms with van der Waals surface area (Å²) in [6.07, 6.45) is 2.92. The van der Waals surface area contributed by atoms with Gasteiger partial charge in [0.15, 0.2) is 0 Å². The molecule has 0 amide bonds. The van der Waals surface area contributed by atoms with Gasteiger partial charge in [-0.2, -0.15) is 0 Å². The first-order valence-electron chi connectivity index (χ1n) is 6.88. The summed E-state index contributed by atoms with van der Waals surface area (Å²) in [5.74, 6) is -0.173. The molecule has 1 N–H and O–H groups in total. The molecular weight excluding hydrogens is 337 g/mol. The van der Waals surface area contributed by atoms with Crippen molar-refractivity contribution in [2.45, 2.75) is 32.2 Å². The predicted molar refractivity (Wildman–Crippen MR) is 87.9 cm³/mol. The number of thiophene rings is 1. The van der Waals surface area contributed by atoms with Crippen LogP contribution >= 0.6 is 27.3 Å². The van der Waals surface area contributed by atoms with Crippen molar-refractivity contribution in [3.63, 3.8) is 0 Å². The van der Waals surface area contributed by atoms with Crippen molar-refractivity contribution in [2.75, 3.05) is 6.54 Å². The molecule has 0 saturated carbocycles. The molecule has 0 spiro atoms. The average Bonchev–Trinajstić information content (AvgIpc) is 2.93. The molecule has 1 atom stereocenters. The molecule has 1 unspecified atom stereocenters. The number of rotatable bonds is 7. The molecule has 1 nitrogen and oxygen atoms in total. The first-order valence-corrected chi connectivity index (χ1v) is 8.56. The summed E-state index contributed by atoms with van der Waals surface area (Å²) in [7, 11) is 0. The van der Waals surface area contributed by atoms with E-state index in [-0.39, 0.29) is 5.82 Å². The van der Waals surface area contributed by atoms with Gasteiger partial charge in [0.2, 0.25) is 0 Å². The summed E-state index contributed by atoms with van der Waals surface area (Å²) < 4.78 is 14.4. The number of hydrogen-bond acceptors (Lipinski definition) is 2. The number of hydrogen-bond donors (Lipinski definition) is 1. The summed E-state index contributed by atoms with van der Waals surface area (Å²) in [5, 5.41) is 5.67. The van der Waals surface area contributed by atoms with Gasteiger partial charge in [-0.15, -0.1) is 11.3 Å². The highest BCUT2D eigenvalue weighted by Crippen LogP contribution is 2.21. The van der Waals surface area contributed by atoms with Crippen molar-refractivity contribution in [1.82, 2.24) is 5.32 Å². The van der Waals surface area contributed by atoms with Gasteiger partial charge in [0.25, 0.3) is 0 Å². The van der Waals surface area contributed by atoms with Crippen LogP contribution in [-0.4, -0.2) is 12.6 Å². The van der Waals surface area contributed by atoms with Crippen LogP contribution in [0.3, 0.4) is 0 Å². The zero-order chi connectivity index (χ0) is 14.4. The van der Waals surface area contributed by atoms with E-state index >= 15 is 0 Å².